The lowest BCUT2D eigenvalue weighted by Gasteiger charge is -2.13. The Bertz CT molecular complexity index is 853. The van der Waals surface area contributed by atoms with Gasteiger partial charge in [0.25, 0.3) is 0 Å². The summed E-state index contributed by atoms with van der Waals surface area (Å²) in [4.78, 5) is 12.3. The third kappa shape index (κ3) is 5.46. The second-order valence-electron chi connectivity index (χ2n) is 5.68. The maximum Gasteiger partial charge on any atom is 0.244 e. The smallest absolute Gasteiger partial charge is 0.244 e. The first-order valence-electron chi connectivity index (χ1n) is 7.72. The molecule has 0 saturated heterocycles. The number of hydrogen-bond donors (Lipinski definition) is 1. The summed E-state index contributed by atoms with van der Waals surface area (Å²) in [6, 6.07) is 13.6. The van der Waals surface area contributed by atoms with Crippen molar-refractivity contribution >= 4 is 21.8 Å². The van der Waals surface area contributed by atoms with Crippen LogP contribution in [0.4, 0.5) is 0 Å². The van der Waals surface area contributed by atoms with Gasteiger partial charge in [-0.25, -0.2) is 8.42 Å². The topological polar surface area (TPSA) is 72.5 Å². The second-order valence-corrected chi connectivity index (χ2v) is 7.69. The number of amides is 1. The lowest BCUT2D eigenvalue weighted by molar-refractivity contribution is -0.117. The molecule has 0 fully saturated rings. The minimum Gasteiger partial charge on any atom is -0.497 e. The van der Waals surface area contributed by atoms with Crippen molar-refractivity contribution in [1.29, 1.82) is 0 Å². The Labute approximate surface area is 148 Å². The van der Waals surface area contributed by atoms with Crippen LogP contribution in [0.5, 0.6) is 5.75 Å². The number of ether oxygens (including phenoxy) is 1. The van der Waals surface area contributed by atoms with Gasteiger partial charge in [0.05, 0.1) is 18.0 Å². The fourth-order valence-corrected chi connectivity index (χ4v) is 2.87. The van der Waals surface area contributed by atoms with Gasteiger partial charge in [-0.1, -0.05) is 24.3 Å². The van der Waals surface area contributed by atoms with Crippen molar-refractivity contribution in [2.75, 3.05) is 13.4 Å². The summed E-state index contributed by atoms with van der Waals surface area (Å²) < 4.78 is 28.0. The molecule has 25 heavy (non-hydrogen) atoms. The number of benzene rings is 2. The molecule has 132 valence electrons. The van der Waals surface area contributed by atoms with Crippen LogP contribution in [-0.4, -0.2) is 27.7 Å². The molecular weight excluding hydrogens is 338 g/mol. The maximum absolute atomic E-state index is 12.0. The maximum atomic E-state index is 12.0. The van der Waals surface area contributed by atoms with E-state index < -0.39 is 9.84 Å². The molecule has 1 amide bonds. The first-order chi connectivity index (χ1) is 11.8. The minimum absolute atomic E-state index is 0.226. The van der Waals surface area contributed by atoms with Crippen LogP contribution in [0.2, 0.25) is 0 Å². The SMILES string of the molecule is COc1ccc(C=CC(=O)NC(C)c2ccc(S(C)(=O)=O)cc2)cc1. The van der Waals surface area contributed by atoms with E-state index in [0.717, 1.165) is 23.1 Å². The molecule has 0 aliphatic rings. The van der Waals surface area contributed by atoms with E-state index in [4.69, 9.17) is 4.74 Å². The molecule has 0 bridgehead atoms. The third-order valence-corrected chi connectivity index (χ3v) is 4.84. The number of methoxy groups -OCH3 is 1. The molecule has 0 heterocycles. The zero-order valence-electron chi connectivity index (χ0n) is 14.4. The van der Waals surface area contributed by atoms with Gasteiger partial charge in [0.15, 0.2) is 9.84 Å². The summed E-state index contributed by atoms with van der Waals surface area (Å²) in [7, 11) is -1.62. The van der Waals surface area contributed by atoms with Crippen LogP contribution in [0.3, 0.4) is 0 Å². The van der Waals surface area contributed by atoms with E-state index in [9.17, 15) is 13.2 Å². The van der Waals surface area contributed by atoms with Crippen LogP contribution >= 0.6 is 0 Å². The van der Waals surface area contributed by atoms with E-state index in [2.05, 4.69) is 5.32 Å². The standard InChI is InChI=1S/C19H21NO4S/c1-14(16-7-11-18(12-8-16)25(3,22)23)20-19(21)13-6-15-4-9-17(24-2)10-5-15/h4-14H,1-3H3,(H,20,21). The van der Waals surface area contributed by atoms with E-state index in [0.29, 0.717) is 0 Å². The number of rotatable bonds is 6. The average molecular weight is 359 g/mol. The normalized spacial score (nSPS) is 12.8. The lowest BCUT2D eigenvalue weighted by Crippen LogP contribution is -2.24. The van der Waals surface area contributed by atoms with Gasteiger partial charge >= 0.3 is 0 Å². The molecule has 0 radical (unpaired) electrons. The zero-order valence-corrected chi connectivity index (χ0v) is 15.2. The van der Waals surface area contributed by atoms with Crippen molar-refractivity contribution < 1.29 is 17.9 Å². The predicted octanol–water partition coefficient (Wildman–Crippen LogP) is 2.99. The van der Waals surface area contributed by atoms with E-state index in [-0.39, 0.29) is 16.8 Å². The Morgan fingerprint density at radius 3 is 2.20 bits per heavy atom. The quantitative estimate of drug-likeness (QED) is 0.805. The molecule has 5 nitrogen and oxygen atoms in total. The number of nitrogens with one attached hydrogen (secondary N) is 1. The summed E-state index contributed by atoms with van der Waals surface area (Å²) in [6.45, 7) is 1.84. The molecule has 1 atom stereocenters. The van der Waals surface area contributed by atoms with Gasteiger partial charge in [-0.3, -0.25) is 4.79 Å². The van der Waals surface area contributed by atoms with Crippen LogP contribution in [-0.2, 0) is 14.6 Å². The molecule has 2 aromatic rings. The van der Waals surface area contributed by atoms with Crippen molar-refractivity contribution in [3.63, 3.8) is 0 Å². The highest BCUT2D eigenvalue weighted by atomic mass is 32.2. The van der Waals surface area contributed by atoms with Crippen molar-refractivity contribution in [3.8, 4) is 5.75 Å². The van der Waals surface area contributed by atoms with Crippen LogP contribution in [0.25, 0.3) is 6.08 Å². The second kappa shape index (κ2) is 7.98. The summed E-state index contributed by atoms with van der Waals surface area (Å²) in [5, 5.41) is 2.85. The summed E-state index contributed by atoms with van der Waals surface area (Å²) in [5.74, 6) is 0.531. The zero-order chi connectivity index (χ0) is 18.4. The summed E-state index contributed by atoms with van der Waals surface area (Å²) >= 11 is 0. The first-order valence-corrected chi connectivity index (χ1v) is 9.61. The van der Waals surface area contributed by atoms with Gasteiger partial charge in [-0.05, 0) is 48.4 Å². The average Bonchev–Trinajstić information content (AvgIpc) is 2.59. The summed E-state index contributed by atoms with van der Waals surface area (Å²) in [5.41, 5.74) is 1.72. The number of hydrogen-bond acceptors (Lipinski definition) is 4. The van der Waals surface area contributed by atoms with Crippen LogP contribution in [0.1, 0.15) is 24.1 Å². The van der Waals surface area contributed by atoms with Crippen molar-refractivity contribution in [2.24, 2.45) is 0 Å². The third-order valence-electron chi connectivity index (χ3n) is 3.71. The highest BCUT2D eigenvalue weighted by Crippen LogP contribution is 2.16. The molecule has 0 aliphatic carbocycles. The monoisotopic (exact) mass is 359 g/mol. The van der Waals surface area contributed by atoms with E-state index >= 15 is 0 Å². The molecule has 1 unspecified atom stereocenters. The molecule has 2 rings (SSSR count). The summed E-state index contributed by atoms with van der Waals surface area (Å²) in [6.07, 6.45) is 4.34. The molecule has 1 N–H and O–H groups in total. The Morgan fingerprint density at radius 1 is 1.08 bits per heavy atom. The Balaban J connectivity index is 1.98. The molecule has 0 aliphatic heterocycles. The Morgan fingerprint density at radius 2 is 1.68 bits per heavy atom. The highest BCUT2D eigenvalue weighted by Gasteiger charge is 2.10. The van der Waals surface area contributed by atoms with Crippen molar-refractivity contribution in [3.05, 3.63) is 65.7 Å². The molecule has 2 aromatic carbocycles. The van der Waals surface area contributed by atoms with E-state index in [1.807, 2.05) is 31.2 Å². The van der Waals surface area contributed by atoms with E-state index in [1.54, 1.807) is 37.5 Å². The molecular formula is C19H21NO4S. The number of carbonyl (C=O) groups excluding carboxylic acids is 1. The van der Waals surface area contributed by atoms with Gasteiger partial charge in [0.1, 0.15) is 5.75 Å². The van der Waals surface area contributed by atoms with Crippen LogP contribution < -0.4 is 10.1 Å². The number of sulfone groups is 1. The molecule has 6 heteroatoms. The fraction of sp³-hybridized carbons (Fsp3) is 0.211. The van der Waals surface area contributed by atoms with Gasteiger partial charge < -0.3 is 10.1 Å². The van der Waals surface area contributed by atoms with Crippen LogP contribution in [0.15, 0.2) is 59.5 Å². The van der Waals surface area contributed by atoms with E-state index in [1.165, 1.54) is 6.08 Å². The van der Waals surface area contributed by atoms with Gasteiger partial charge in [0, 0.05) is 12.3 Å². The Kier molecular flexibility index (Phi) is 5.98. The van der Waals surface area contributed by atoms with Gasteiger partial charge in [-0.15, -0.1) is 0 Å². The Hall–Kier alpha value is -2.60. The molecule has 0 aromatic heterocycles. The largest absolute Gasteiger partial charge is 0.497 e. The number of carbonyl (C=O) groups is 1. The lowest BCUT2D eigenvalue weighted by atomic mass is 10.1. The fourth-order valence-electron chi connectivity index (χ4n) is 2.24. The van der Waals surface area contributed by atoms with Crippen molar-refractivity contribution in [1.82, 2.24) is 5.32 Å². The van der Waals surface area contributed by atoms with Crippen LogP contribution in [0, 0.1) is 0 Å². The van der Waals surface area contributed by atoms with Gasteiger partial charge in [-0.2, -0.15) is 0 Å². The highest BCUT2D eigenvalue weighted by molar-refractivity contribution is 7.90. The van der Waals surface area contributed by atoms with Crippen molar-refractivity contribution in [2.45, 2.75) is 17.9 Å². The first kappa shape index (κ1) is 18.7. The molecule has 0 saturated carbocycles. The van der Waals surface area contributed by atoms with Gasteiger partial charge in [0.2, 0.25) is 5.91 Å². The predicted molar refractivity (Wildman–Crippen MR) is 98.1 cm³/mol. The minimum atomic E-state index is -3.22. The molecule has 0 spiro atoms.